The second-order valence-electron chi connectivity index (χ2n) is 17.2. The fourth-order valence-electron chi connectivity index (χ4n) is 9.60. The van der Waals surface area contributed by atoms with E-state index < -0.39 is 36.2 Å². The molecule has 3 saturated heterocycles. The highest BCUT2D eigenvalue weighted by molar-refractivity contribution is 6.08. The standard InChI is InChI=1S/C45H49F3N12O5/c1-56-41-28(4-2-6-31(41)39(54-56)32-11-12-38(61)53-44(32)62)5-3-20-65-36-14-17-57(25-34(36)46)23-27-7-9-29(10-8-27)60-26-35(40(55-60)42(47)48)51-45(63)33-22-50-59-18-15-37(52-43(33)59)58-19-21-64-30(24-58)13-16-49/h2,4,6,15,18,22,26-27,29-30,32,34,36,42H,7-14,17,19-21,23-25H2,1H3,(H,51,63)(H,53,61,62)/t27?,29?,30?,32?,34-,36+/m0/s1. The van der Waals surface area contributed by atoms with E-state index in [0.29, 0.717) is 74.9 Å². The molecule has 4 fully saturated rings. The quantitative estimate of drug-likeness (QED) is 0.136. The predicted molar refractivity (Wildman–Crippen MR) is 230 cm³/mol. The van der Waals surface area contributed by atoms with Crippen molar-refractivity contribution >= 4 is 45.8 Å². The number of piperidine rings is 2. The number of hydrogen-bond donors (Lipinski definition) is 2. The van der Waals surface area contributed by atoms with Crippen LogP contribution in [0.2, 0.25) is 0 Å². The van der Waals surface area contributed by atoms with E-state index in [9.17, 15) is 23.2 Å². The molecule has 0 bridgehead atoms. The van der Waals surface area contributed by atoms with E-state index in [4.69, 9.17) is 14.7 Å². The monoisotopic (exact) mass is 894 g/mol. The van der Waals surface area contributed by atoms with Crippen LogP contribution < -0.4 is 15.5 Å². The fourth-order valence-corrected chi connectivity index (χ4v) is 9.60. The van der Waals surface area contributed by atoms with Crippen LogP contribution >= 0.6 is 0 Å². The molecule has 4 atom stereocenters. The minimum Gasteiger partial charge on any atom is -0.373 e. The number of aryl methyl sites for hydroxylation is 1. The van der Waals surface area contributed by atoms with E-state index >= 15 is 4.39 Å². The van der Waals surface area contributed by atoms with Gasteiger partial charge >= 0.3 is 0 Å². The Hall–Kier alpha value is -6.35. The Labute approximate surface area is 372 Å². The number of nitrogens with one attached hydrogen (secondary N) is 2. The number of carbonyl (C=O) groups excluding carboxylic acids is 3. The van der Waals surface area contributed by atoms with E-state index in [0.717, 1.165) is 30.3 Å². The van der Waals surface area contributed by atoms with Crippen molar-refractivity contribution in [2.75, 3.05) is 56.2 Å². The number of anilines is 2. The van der Waals surface area contributed by atoms with Gasteiger partial charge in [-0.25, -0.2) is 22.7 Å². The molecule has 3 aliphatic heterocycles. The van der Waals surface area contributed by atoms with Crippen LogP contribution in [0.1, 0.15) is 97.1 Å². The van der Waals surface area contributed by atoms with Crippen molar-refractivity contribution in [1.29, 1.82) is 5.26 Å². The summed E-state index contributed by atoms with van der Waals surface area (Å²) in [6.45, 7) is 3.13. The zero-order valence-electron chi connectivity index (χ0n) is 35.8. The number of nitriles is 1. The van der Waals surface area contributed by atoms with Crippen LogP contribution in [-0.2, 0) is 26.1 Å². The summed E-state index contributed by atoms with van der Waals surface area (Å²) in [7, 11) is 1.79. The number of alkyl halides is 3. The highest BCUT2D eigenvalue weighted by atomic mass is 19.3. The molecule has 4 aliphatic rings. The number of para-hydroxylation sites is 1. The summed E-state index contributed by atoms with van der Waals surface area (Å²) >= 11 is 0. The van der Waals surface area contributed by atoms with Gasteiger partial charge in [-0.15, -0.1) is 0 Å². The number of aromatic nitrogens is 7. The van der Waals surface area contributed by atoms with Crippen molar-refractivity contribution in [2.24, 2.45) is 13.0 Å². The predicted octanol–water partition coefficient (Wildman–Crippen LogP) is 4.85. The molecule has 0 spiro atoms. The second kappa shape index (κ2) is 19.0. The van der Waals surface area contributed by atoms with Crippen LogP contribution in [0, 0.1) is 29.1 Å². The van der Waals surface area contributed by atoms with Gasteiger partial charge in [0.15, 0.2) is 11.3 Å². The third-order valence-corrected chi connectivity index (χ3v) is 12.9. The summed E-state index contributed by atoms with van der Waals surface area (Å²) in [4.78, 5) is 46.6. The third kappa shape index (κ3) is 9.42. The number of rotatable bonds is 11. The summed E-state index contributed by atoms with van der Waals surface area (Å²) < 4.78 is 60.4. The Morgan fingerprint density at radius 2 is 1.94 bits per heavy atom. The normalized spacial score (nSPS) is 24.2. The number of carbonyl (C=O) groups is 3. The van der Waals surface area contributed by atoms with Crippen molar-refractivity contribution in [3.8, 4) is 17.9 Å². The zero-order valence-corrected chi connectivity index (χ0v) is 35.8. The van der Waals surface area contributed by atoms with Crippen LogP contribution in [0.15, 0.2) is 42.9 Å². The molecule has 1 aliphatic carbocycles. The molecule has 65 heavy (non-hydrogen) atoms. The van der Waals surface area contributed by atoms with Crippen molar-refractivity contribution in [3.63, 3.8) is 0 Å². The molecule has 3 amide bonds. The average Bonchev–Trinajstić information content (AvgIpc) is 4.02. The number of fused-ring (bicyclic) bond motifs is 2. The van der Waals surface area contributed by atoms with Crippen molar-refractivity contribution in [1.82, 2.24) is 44.4 Å². The van der Waals surface area contributed by atoms with Crippen LogP contribution in [0.3, 0.4) is 0 Å². The van der Waals surface area contributed by atoms with E-state index in [1.54, 1.807) is 24.0 Å². The molecule has 20 heteroatoms. The van der Waals surface area contributed by atoms with Crippen LogP contribution in [0.25, 0.3) is 16.6 Å². The van der Waals surface area contributed by atoms with Crippen molar-refractivity contribution < 1.29 is 37.0 Å². The Balaban J connectivity index is 0.756. The van der Waals surface area contributed by atoms with Gasteiger partial charge in [0.05, 0.1) is 71.9 Å². The van der Waals surface area contributed by atoms with E-state index in [-0.39, 0.29) is 66.9 Å². The summed E-state index contributed by atoms with van der Waals surface area (Å²) in [5.74, 6) is 5.26. The summed E-state index contributed by atoms with van der Waals surface area (Å²) in [6, 6.07) is 9.35. The highest BCUT2D eigenvalue weighted by Gasteiger charge is 2.34. The topological polar surface area (TPSA) is 190 Å². The van der Waals surface area contributed by atoms with Gasteiger partial charge in [-0.1, -0.05) is 24.0 Å². The number of likely N-dealkylation sites (tertiary alicyclic amines) is 1. The largest absolute Gasteiger partial charge is 0.373 e. The van der Waals surface area contributed by atoms with Crippen molar-refractivity contribution in [3.05, 3.63) is 65.4 Å². The first-order valence-electron chi connectivity index (χ1n) is 22.1. The lowest BCUT2D eigenvalue weighted by Gasteiger charge is -2.38. The number of nitrogens with zero attached hydrogens (tertiary/aromatic N) is 10. The molecule has 9 rings (SSSR count). The second-order valence-corrected chi connectivity index (χ2v) is 17.2. The molecule has 4 aromatic heterocycles. The highest BCUT2D eigenvalue weighted by Crippen LogP contribution is 2.36. The SMILES string of the molecule is Cn1nc(C2CCC(=O)NC2=O)c2cccc(C#CCO[C@@H]3CCN(CC4CCC(n5cc(NC(=O)c6cnn7ccc(N8CCOC(CC#N)C8)nc67)c(C(F)F)n5)CC4)C[C@@H]3F)c21. The molecule has 7 heterocycles. The van der Waals surface area contributed by atoms with Gasteiger partial charge in [0.2, 0.25) is 11.8 Å². The fraction of sp³-hybridized carbons (Fsp3) is 0.511. The number of amides is 3. The minimum absolute atomic E-state index is 0.0511. The van der Waals surface area contributed by atoms with E-state index in [1.165, 1.54) is 21.6 Å². The minimum atomic E-state index is -2.92. The van der Waals surface area contributed by atoms with E-state index in [1.807, 2.05) is 23.1 Å². The molecule has 1 saturated carbocycles. The molecule has 2 N–H and O–H groups in total. The van der Waals surface area contributed by atoms with Gasteiger partial charge in [0, 0.05) is 64.0 Å². The summed E-state index contributed by atoms with van der Waals surface area (Å²) in [5.41, 5.74) is 1.87. The lowest BCUT2D eigenvalue weighted by molar-refractivity contribution is -0.134. The first-order valence-corrected chi connectivity index (χ1v) is 22.1. The first-order chi connectivity index (χ1) is 31.5. The van der Waals surface area contributed by atoms with Crippen LogP contribution in [0.5, 0.6) is 0 Å². The Morgan fingerprint density at radius 3 is 2.72 bits per heavy atom. The summed E-state index contributed by atoms with van der Waals surface area (Å²) in [6.07, 6.45) is 3.97. The van der Waals surface area contributed by atoms with Gasteiger partial charge < -0.3 is 19.7 Å². The maximum Gasteiger partial charge on any atom is 0.284 e. The number of ether oxygens (including phenoxy) is 2. The lowest BCUT2D eigenvalue weighted by Crippen LogP contribution is -2.47. The maximum atomic E-state index is 15.5. The number of morpholine rings is 1. The van der Waals surface area contributed by atoms with Crippen LogP contribution in [-0.4, -0.2) is 121 Å². The van der Waals surface area contributed by atoms with Gasteiger partial charge in [0.25, 0.3) is 12.3 Å². The Bertz CT molecular complexity index is 2690. The summed E-state index contributed by atoms with van der Waals surface area (Å²) in [5, 5.41) is 28.0. The lowest BCUT2D eigenvalue weighted by atomic mass is 9.85. The maximum absolute atomic E-state index is 15.5. The molecular formula is C45H49F3N12O5. The molecule has 2 unspecified atom stereocenters. The van der Waals surface area contributed by atoms with Gasteiger partial charge in [-0.05, 0) is 56.6 Å². The molecular weight excluding hydrogens is 846 g/mol. The van der Waals surface area contributed by atoms with Gasteiger partial charge in [0.1, 0.15) is 24.2 Å². The smallest absolute Gasteiger partial charge is 0.284 e. The third-order valence-electron chi connectivity index (χ3n) is 12.9. The molecule has 17 nitrogen and oxygen atoms in total. The molecule has 340 valence electrons. The van der Waals surface area contributed by atoms with E-state index in [2.05, 4.69) is 53.7 Å². The first kappa shape index (κ1) is 43.9. The number of benzene rings is 1. The van der Waals surface area contributed by atoms with Crippen molar-refractivity contribution in [2.45, 2.75) is 88.1 Å². The molecule has 0 radical (unpaired) electrons. The Kier molecular flexibility index (Phi) is 12.8. The zero-order chi connectivity index (χ0) is 45.2. The number of hydrogen-bond acceptors (Lipinski definition) is 12. The Morgan fingerprint density at radius 1 is 1.09 bits per heavy atom. The van der Waals surface area contributed by atoms with Gasteiger partial charge in [-0.3, -0.25) is 34.0 Å². The van der Waals surface area contributed by atoms with Gasteiger partial charge in [-0.2, -0.15) is 20.6 Å². The number of imide groups is 1. The molecule has 1 aromatic carbocycles. The average molecular weight is 895 g/mol. The molecule has 5 aromatic rings. The number of halogens is 3. The van der Waals surface area contributed by atoms with Crippen LogP contribution in [0.4, 0.5) is 24.7 Å².